The molecule has 1 aliphatic heterocycles. The average molecular weight is 409 g/mol. The molecule has 1 saturated heterocycles. The molecule has 0 aromatic heterocycles. The molecule has 2 aromatic rings. The predicted octanol–water partition coefficient (Wildman–Crippen LogP) is 2.42. The number of nitrogens with one attached hydrogen (secondary N) is 1. The van der Waals surface area contributed by atoms with Crippen LogP contribution in [0.25, 0.3) is 0 Å². The first-order valence-electron chi connectivity index (χ1n) is 8.29. The third-order valence-electron chi connectivity index (χ3n) is 4.59. The Morgan fingerprint density at radius 2 is 1.70 bits per heavy atom. The lowest BCUT2D eigenvalue weighted by atomic mass is 10.1. The number of hydrogen-bond acceptors (Lipinski definition) is 5. The van der Waals surface area contributed by atoms with Crippen molar-refractivity contribution in [1.29, 1.82) is 0 Å². The third-order valence-corrected chi connectivity index (χ3v) is 7.84. The molecule has 7 nitrogen and oxygen atoms in total. The van der Waals surface area contributed by atoms with Gasteiger partial charge in [-0.2, -0.15) is 0 Å². The first-order chi connectivity index (χ1) is 12.5. The van der Waals surface area contributed by atoms with E-state index < -0.39 is 31.9 Å². The van der Waals surface area contributed by atoms with E-state index in [4.69, 9.17) is 0 Å². The van der Waals surface area contributed by atoms with E-state index in [-0.39, 0.29) is 16.3 Å². The summed E-state index contributed by atoms with van der Waals surface area (Å²) in [7, 11) is -7.58. The second-order valence-electron chi connectivity index (χ2n) is 6.63. The molecule has 0 saturated carbocycles. The minimum absolute atomic E-state index is 0.0238. The number of sulfonamides is 2. The Labute approximate surface area is 159 Å². The van der Waals surface area contributed by atoms with E-state index in [0.29, 0.717) is 5.69 Å². The molecular weight excluding hydrogens is 388 g/mol. The lowest BCUT2D eigenvalue weighted by Crippen LogP contribution is -2.30. The van der Waals surface area contributed by atoms with Crippen molar-refractivity contribution in [2.75, 3.05) is 14.8 Å². The molecule has 1 atom stereocenters. The van der Waals surface area contributed by atoms with Crippen molar-refractivity contribution in [2.45, 2.75) is 25.7 Å². The van der Waals surface area contributed by atoms with Crippen LogP contribution in [-0.2, 0) is 24.8 Å². The first kappa shape index (κ1) is 19.4. The average Bonchev–Trinajstić information content (AvgIpc) is 2.79. The summed E-state index contributed by atoms with van der Waals surface area (Å²) < 4.78 is 52.8. The molecule has 0 unspecified atom stereocenters. The van der Waals surface area contributed by atoms with Crippen LogP contribution in [0.5, 0.6) is 0 Å². The summed E-state index contributed by atoms with van der Waals surface area (Å²) in [5.74, 6) is -1.39. The van der Waals surface area contributed by atoms with Gasteiger partial charge in [-0.15, -0.1) is 0 Å². The Morgan fingerprint density at radius 3 is 2.26 bits per heavy atom. The molecular formula is C18H20N2O5S2. The van der Waals surface area contributed by atoms with Gasteiger partial charge in [-0.05, 0) is 55.3 Å². The van der Waals surface area contributed by atoms with Crippen molar-refractivity contribution >= 4 is 37.3 Å². The molecule has 0 bridgehead atoms. The standard InChI is InChI=1S/C18H20N2O5S2/c1-12-5-4-6-17(14(12)3)19-27(24,25)16-9-7-15(8-10-16)20-18(21)13(2)11-26(20,22)23/h4-10,13,19H,11H2,1-3H3/t13-/m0/s1. The maximum atomic E-state index is 12.6. The summed E-state index contributed by atoms with van der Waals surface area (Å²) in [5, 5.41) is 0. The van der Waals surface area contributed by atoms with Gasteiger partial charge in [-0.25, -0.2) is 21.1 Å². The number of carbonyl (C=O) groups excluding carboxylic acids is 1. The molecule has 1 heterocycles. The highest BCUT2D eigenvalue weighted by molar-refractivity contribution is 7.94. The second kappa shape index (κ2) is 6.65. The van der Waals surface area contributed by atoms with Gasteiger partial charge < -0.3 is 0 Å². The minimum Gasteiger partial charge on any atom is -0.279 e. The molecule has 3 rings (SSSR count). The number of hydrogen-bond donors (Lipinski definition) is 1. The van der Waals surface area contributed by atoms with Crippen molar-refractivity contribution in [3.8, 4) is 0 Å². The summed E-state index contributed by atoms with van der Waals surface area (Å²) >= 11 is 0. The number of rotatable bonds is 4. The summed E-state index contributed by atoms with van der Waals surface area (Å²) in [6, 6.07) is 10.5. The molecule has 2 aromatic carbocycles. The predicted molar refractivity (Wildman–Crippen MR) is 104 cm³/mol. The smallest absolute Gasteiger partial charge is 0.261 e. The Bertz CT molecular complexity index is 1110. The van der Waals surface area contributed by atoms with Crippen molar-refractivity contribution in [3.05, 3.63) is 53.6 Å². The molecule has 1 fully saturated rings. The van der Waals surface area contributed by atoms with E-state index in [1.807, 2.05) is 19.9 Å². The molecule has 27 heavy (non-hydrogen) atoms. The molecule has 0 spiro atoms. The number of benzene rings is 2. The lowest BCUT2D eigenvalue weighted by Gasteiger charge is -2.16. The van der Waals surface area contributed by atoms with Crippen LogP contribution in [0.2, 0.25) is 0 Å². The van der Waals surface area contributed by atoms with Crippen molar-refractivity contribution in [3.63, 3.8) is 0 Å². The quantitative estimate of drug-likeness (QED) is 0.837. The van der Waals surface area contributed by atoms with Crippen LogP contribution in [0.15, 0.2) is 47.4 Å². The minimum atomic E-state index is -3.85. The summed E-state index contributed by atoms with van der Waals surface area (Å²) in [5.41, 5.74) is 2.39. The van der Waals surface area contributed by atoms with Gasteiger partial charge in [0.1, 0.15) is 0 Å². The number of amides is 1. The van der Waals surface area contributed by atoms with Gasteiger partial charge in [0.2, 0.25) is 15.9 Å². The third kappa shape index (κ3) is 3.57. The lowest BCUT2D eigenvalue weighted by molar-refractivity contribution is -0.119. The SMILES string of the molecule is Cc1cccc(NS(=O)(=O)c2ccc(N3C(=O)[C@@H](C)CS3(=O)=O)cc2)c1C. The van der Waals surface area contributed by atoms with Crippen LogP contribution in [0.4, 0.5) is 11.4 Å². The van der Waals surface area contributed by atoms with Gasteiger partial charge in [-0.3, -0.25) is 9.52 Å². The van der Waals surface area contributed by atoms with E-state index in [1.165, 1.54) is 24.3 Å². The largest absolute Gasteiger partial charge is 0.279 e. The molecule has 1 N–H and O–H groups in total. The molecule has 0 aliphatic carbocycles. The van der Waals surface area contributed by atoms with Crippen LogP contribution in [0, 0.1) is 19.8 Å². The zero-order valence-electron chi connectivity index (χ0n) is 15.1. The number of anilines is 2. The Balaban J connectivity index is 1.91. The Hall–Kier alpha value is -2.39. The number of aryl methyl sites for hydroxylation is 1. The van der Waals surface area contributed by atoms with Gasteiger partial charge in [0.25, 0.3) is 10.0 Å². The maximum Gasteiger partial charge on any atom is 0.261 e. The van der Waals surface area contributed by atoms with E-state index in [1.54, 1.807) is 19.1 Å². The summed E-state index contributed by atoms with van der Waals surface area (Å²) in [4.78, 5) is 12.1. The molecule has 9 heteroatoms. The van der Waals surface area contributed by atoms with E-state index >= 15 is 0 Å². The van der Waals surface area contributed by atoms with Crippen LogP contribution in [0.3, 0.4) is 0 Å². The van der Waals surface area contributed by atoms with Crippen molar-refractivity contribution in [2.24, 2.45) is 5.92 Å². The van der Waals surface area contributed by atoms with Crippen LogP contribution in [-0.4, -0.2) is 28.5 Å². The highest BCUT2D eigenvalue weighted by Gasteiger charge is 2.41. The van der Waals surface area contributed by atoms with Gasteiger partial charge in [0, 0.05) is 0 Å². The van der Waals surface area contributed by atoms with Gasteiger partial charge in [0.05, 0.1) is 27.9 Å². The van der Waals surface area contributed by atoms with E-state index in [9.17, 15) is 21.6 Å². The number of nitrogens with zero attached hydrogens (tertiary/aromatic N) is 1. The van der Waals surface area contributed by atoms with Crippen LogP contribution < -0.4 is 9.03 Å². The fraction of sp³-hybridized carbons (Fsp3) is 0.278. The van der Waals surface area contributed by atoms with Crippen LogP contribution >= 0.6 is 0 Å². The zero-order chi connectivity index (χ0) is 20.0. The molecule has 144 valence electrons. The van der Waals surface area contributed by atoms with Gasteiger partial charge in [0.15, 0.2) is 0 Å². The van der Waals surface area contributed by atoms with Crippen LogP contribution in [0.1, 0.15) is 18.1 Å². The summed E-state index contributed by atoms with van der Waals surface area (Å²) in [6.07, 6.45) is 0. The fourth-order valence-corrected chi connectivity index (χ4v) is 5.86. The topological polar surface area (TPSA) is 101 Å². The number of carbonyl (C=O) groups is 1. The second-order valence-corrected chi connectivity index (χ2v) is 10.2. The fourth-order valence-electron chi connectivity index (χ4n) is 2.91. The molecule has 1 aliphatic rings. The monoisotopic (exact) mass is 408 g/mol. The normalized spacial score (nSPS) is 19.3. The highest BCUT2D eigenvalue weighted by atomic mass is 32.2. The van der Waals surface area contributed by atoms with E-state index in [2.05, 4.69) is 4.72 Å². The summed E-state index contributed by atoms with van der Waals surface area (Å²) in [6.45, 7) is 5.25. The molecule has 0 radical (unpaired) electrons. The molecule has 1 amide bonds. The van der Waals surface area contributed by atoms with E-state index in [0.717, 1.165) is 15.4 Å². The highest BCUT2D eigenvalue weighted by Crippen LogP contribution is 2.29. The first-order valence-corrected chi connectivity index (χ1v) is 11.4. The Kier molecular flexibility index (Phi) is 4.77. The maximum absolute atomic E-state index is 12.6. The Morgan fingerprint density at radius 1 is 1.07 bits per heavy atom. The van der Waals surface area contributed by atoms with Gasteiger partial charge >= 0.3 is 0 Å². The zero-order valence-corrected chi connectivity index (χ0v) is 16.8. The van der Waals surface area contributed by atoms with Crippen molar-refractivity contribution < 1.29 is 21.6 Å². The van der Waals surface area contributed by atoms with Gasteiger partial charge in [-0.1, -0.05) is 19.1 Å². The van der Waals surface area contributed by atoms with Crippen molar-refractivity contribution in [1.82, 2.24) is 0 Å².